The first kappa shape index (κ1) is 28.1. The van der Waals surface area contributed by atoms with Crippen molar-refractivity contribution in [2.75, 3.05) is 38.2 Å². The molecule has 36 heavy (non-hydrogen) atoms. The van der Waals surface area contributed by atoms with Gasteiger partial charge in [0.05, 0.1) is 18.3 Å². The standard InChI is InChI=1S/C24H22ClF2N3OS.2C2H6/c1-31-23-18-5-3-2-4-17(18)22(13-21(23)29-10-8-28-9-11-29)32-30-14-19(24(26)27)16-7-6-15(25)12-20(16)30;2*1-2/h2-7,12-14,24,28H,8-11H2,1H3;2*1-2H3. The summed E-state index contributed by atoms with van der Waals surface area (Å²) in [7, 11) is 1.69. The van der Waals surface area contributed by atoms with Gasteiger partial charge in [-0.15, -0.1) is 0 Å². The number of nitrogens with one attached hydrogen (secondary N) is 1. The molecule has 5 rings (SSSR count). The molecule has 4 aromatic rings. The number of alkyl halides is 2. The molecule has 1 N–H and O–H groups in total. The zero-order valence-corrected chi connectivity index (χ0v) is 23.0. The highest BCUT2D eigenvalue weighted by Gasteiger charge is 2.22. The third kappa shape index (κ3) is 5.74. The Kier molecular flexibility index (Phi) is 10.3. The van der Waals surface area contributed by atoms with Crippen molar-refractivity contribution in [3.05, 3.63) is 65.3 Å². The molecule has 3 aromatic carbocycles. The molecule has 0 amide bonds. The van der Waals surface area contributed by atoms with Gasteiger partial charge in [-0.05, 0) is 30.1 Å². The molecule has 1 saturated heterocycles. The van der Waals surface area contributed by atoms with E-state index in [0.29, 0.717) is 15.9 Å². The highest BCUT2D eigenvalue weighted by molar-refractivity contribution is 7.98. The molecular weight excluding hydrogens is 500 g/mol. The van der Waals surface area contributed by atoms with E-state index in [2.05, 4.69) is 16.3 Å². The lowest BCUT2D eigenvalue weighted by atomic mass is 10.1. The third-order valence-electron chi connectivity index (χ3n) is 5.80. The average molecular weight is 534 g/mol. The maximum atomic E-state index is 13.7. The fourth-order valence-corrected chi connectivity index (χ4v) is 5.52. The van der Waals surface area contributed by atoms with Crippen LogP contribution in [-0.4, -0.2) is 37.3 Å². The number of rotatable bonds is 5. The summed E-state index contributed by atoms with van der Waals surface area (Å²) in [5, 5.41) is 6.41. The second kappa shape index (κ2) is 13.2. The van der Waals surface area contributed by atoms with Crippen molar-refractivity contribution in [1.29, 1.82) is 0 Å². The maximum absolute atomic E-state index is 13.7. The Hall–Kier alpha value is -2.48. The lowest BCUT2D eigenvalue weighted by Crippen LogP contribution is -2.43. The van der Waals surface area contributed by atoms with E-state index in [0.717, 1.165) is 53.3 Å². The number of halogens is 3. The third-order valence-corrected chi connectivity index (χ3v) is 7.06. The van der Waals surface area contributed by atoms with Gasteiger partial charge in [-0.3, -0.25) is 3.97 Å². The van der Waals surface area contributed by atoms with Crippen LogP contribution in [0.1, 0.15) is 39.7 Å². The van der Waals surface area contributed by atoms with Crippen LogP contribution in [0.2, 0.25) is 5.02 Å². The number of fused-ring (bicyclic) bond motifs is 2. The zero-order chi connectivity index (χ0) is 26.2. The summed E-state index contributed by atoms with van der Waals surface area (Å²) in [5.41, 5.74) is 1.68. The molecular formula is C28H34ClF2N3OS. The molecule has 0 radical (unpaired) electrons. The number of aromatic nitrogens is 1. The van der Waals surface area contributed by atoms with Crippen molar-refractivity contribution < 1.29 is 13.5 Å². The van der Waals surface area contributed by atoms with Crippen LogP contribution in [-0.2, 0) is 0 Å². The van der Waals surface area contributed by atoms with Gasteiger partial charge >= 0.3 is 0 Å². The highest BCUT2D eigenvalue weighted by Crippen LogP contribution is 2.44. The zero-order valence-electron chi connectivity index (χ0n) is 21.4. The van der Waals surface area contributed by atoms with E-state index < -0.39 is 6.43 Å². The van der Waals surface area contributed by atoms with Crippen LogP contribution in [0.4, 0.5) is 14.5 Å². The average Bonchev–Trinajstić information content (AvgIpc) is 3.29. The lowest BCUT2D eigenvalue weighted by Gasteiger charge is -2.31. The van der Waals surface area contributed by atoms with E-state index in [1.54, 1.807) is 29.3 Å². The van der Waals surface area contributed by atoms with E-state index in [1.807, 2.05) is 52.0 Å². The van der Waals surface area contributed by atoms with Crippen LogP contribution in [0.3, 0.4) is 0 Å². The molecule has 8 heteroatoms. The van der Waals surface area contributed by atoms with Gasteiger partial charge in [0.2, 0.25) is 0 Å². The van der Waals surface area contributed by atoms with E-state index >= 15 is 0 Å². The van der Waals surface area contributed by atoms with Crippen molar-refractivity contribution >= 4 is 50.9 Å². The van der Waals surface area contributed by atoms with Crippen molar-refractivity contribution in [3.8, 4) is 5.75 Å². The summed E-state index contributed by atoms with van der Waals surface area (Å²) in [6, 6.07) is 15.2. The number of hydrogen-bond acceptors (Lipinski definition) is 4. The number of anilines is 1. The summed E-state index contributed by atoms with van der Waals surface area (Å²) in [4.78, 5) is 3.27. The first-order chi connectivity index (χ1) is 17.6. The molecule has 0 atom stereocenters. The minimum atomic E-state index is -2.57. The Morgan fingerprint density at radius 2 is 1.61 bits per heavy atom. The van der Waals surface area contributed by atoms with Gasteiger partial charge in [-0.25, -0.2) is 8.78 Å². The largest absolute Gasteiger partial charge is 0.494 e. The molecule has 194 valence electrons. The second-order valence-corrected chi connectivity index (χ2v) is 9.13. The summed E-state index contributed by atoms with van der Waals surface area (Å²) in [6.45, 7) is 11.5. The Morgan fingerprint density at radius 3 is 2.25 bits per heavy atom. The van der Waals surface area contributed by atoms with Crippen LogP contribution in [0.5, 0.6) is 5.75 Å². The van der Waals surface area contributed by atoms with E-state index in [-0.39, 0.29) is 5.56 Å². The van der Waals surface area contributed by atoms with Gasteiger partial charge in [-0.2, -0.15) is 0 Å². The Morgan fingerprint density at radius 1 is 0.944 bits per heavy atom. The van der Waals surface area contributed by atoms with Crippen LogP contribution >= 0.6 is 23.5 Å². The summed E-state index contributed by atoms with van der Waals surface area (Å²) in [6.07, 6.45) is -1.05. The van der Waals surface area contributed by atoms with Crippen LogP contribution in [0, 0.1) is 0 Å². The van der Waals surface area contributed by atoms with Crippen LogP contribution < -0.4 is 15.0 Å². The molecule has 0 saturated carbocycles. The second-order valence-electron chi connectivity index (χ2n) is 7.67. The number of piperazine rings is 1. The van der Waals surface area contributed by atoms with Crippen LogP contribution in [0.25, 0.3) is 21.7 Å². The topological polar surface area (TPSA) is 29.4 Å². The fourth-order valence-electron chi connectivity index (χ4n) is 4.28. The van der Waals surface area contributed by atoms with Gasteiger partial charge in [0.25, 0.3) is 6.43 Å². The highest BCUT2D eigenvalue weighted by atomic mass is 35.5. The molecule has 1 fully saturated rings. The maximum Gasteiger partial charge on any atom is 0.265 e. The molecule has 0 spiro atoms. The Balaban J connectivity index is 0.000000861. The number of nitrogens with zero attached hydrogens (tertiary/aromatic N) is 2. The molecule has 1 aliphatic heterocycles. The summed E-state index contributed by atoms with van der Waals surface area (Å²) < 4.78 is 35.1. The molecule has 4 nitrogen and oxygen atoms in total. The first-order valence-corrected chi connectivity index (χ1v) is 13.5. The smallest absolute Gasteiger partial charge is 0.265 e. The number of benzene rings is 3. The molecule has 1 aliphatic rings. The minimum absolute atomic E-state index is 0.00399. The number of methoxy groups -OCH3 is 1. The Labute approximate surface area is 221 Å². The summed E-state index contributed by atoms with van der Waals surface area (Å²) >= 11 is 7.62. The van der Waals surface area contributed by atoms with Gasteiger partial charge in [0.1, 0.15) is 5.75 Å². The van der Waals surface area contributed by atoms with Crippen LogP contribution in [0.15, 0.2) is 59.6 Å². The SMILES string of the molecule is CC.CC.COc1c(N2CCNCC2)cc(Sn2cc(C(F)F)c3ccc(Cl)cc32)c2ccccc12. The first-order valence-electron chi connectivity index (χ1n) is 12.4. The van der Waals surface area contributed by atoms with Gasteiger partial charge in [0, 0.05) is 64.0 Å². The van der Waals surface area contributed by atoms with Gasteiger partial charge in [0.15, 0.2) is 0 Å². The lowest BCUT2D eigenvalue weighted by molar-refractivity contribution is 0.153. The predicted octanol–water partition coefficient (Wildman–Crippen LogP) is 8.41. The van der Waals surface area contributed by atoms with Crippen molar-refractivity contribution in [2.45, 2.75) is 39.0 Å². The van der Waals surface area contributed by atoms with E-state index in [1.165, 1.54) is 18.1 Å². The molecule has 0 bridgehead atoms. The normalized spacial score (nSPS) is 13.3. The number of hydrogen-bond donors (Lipinski definition) is 1. The van der Waals surface area contributed by atoms with E-state index in [9.17, 15) is 8.78 Å². The predicted molar refractivity (Wildman–Crippen MR) is 151 cm³/mol. The number of ether oxygens (including phenoxy) is 1. The van der Waals surface area contributed by atoms with Gasteiger partial charge < -0.3 is 15.0 Å². The fraction of sp³-hybridized carbons (Fsp3) is 0.357. The van der Waals surface area contributed by atoms with Crippen molar-refractivity contribution in [2.24, 2.45) is 0 Å². The molecule has 1 aromatic heterocycles. The van der Waals surface area contributed by atoms with Crippen molar-refractivity contribution in [3.63, 3.8) is 0 Å². The molecule has 0 aliphatic carbocycles. The van der Waals surface area contributed by atoms with Gasteiger partial charge in [-0.1, -0.05) is 69.6 Å². The van der Waals surface area contributed by atoms with Crippen molar-refractivity contribution in [1.82, 2.24) is 9.29 Å². The van der Waals surface area contributed by atoms with E-state index in [4.69, 9.17) is 16.3 Å². The molecule has 2 heterocycles. The quantitative estimate of drug-likeness (QED) is 0.279. The molecule has 0 unspecified atom stereocenters. The summed E-state index contributed by atoms with van der Waals surface area (Å²) in [5.74, 6) is 0.834. The minimum Gasteiger partial charge on any atom is -0.494 e. The monoisotopic (exact) mass is 533 g/mol. The Bertz CT molecular complexity index is 1290.